The third-order valence-electron chi connectivity index (χ3n) is 4.07. The van der Waals surface area contributed by atoms with Crippen molar-refractivity contribution in [2.24, 2.45) is 0 Å². The number of benzene rings is 1. The van der Waals surface area contributed by atoms with Crippen LogP contribution in [0.3, 0.4) is 0 Å². The first-order valence-electron chi connectivity index (χ1n) is 7.08. The topological polar surface area (TPSA) is 43.4 Å². The molecule has 2 heterocycles. The van der Waals surface area contributed by atoms with Crippen LogP contribution in [0.25, 0.3) is 27.7 Å². The van der Waals surface area contributed by atoms with E-state index < -0.39 is 0 Å². The summed E-state index contributed by atoms with van der Waals surface area (Å²) in [5.41, 5.74) is 2.63. The van der Waals surface area contributed by atoms with E-state index in [4.69, 9.17) is 20.4 Å². The number of halogens is 1. The predicted molar refractivity (Wildman–Crippen MR) is 87.3 cm³/mol. The first-order chi connectivity index (χ1) is 10.5. The molecular formula is C18H13ClO3. The molecule has 0 bridgehead atoms. The van der Waals surface area contributed by atoms with Crippen molar-refractivity contribution in [1.29, 1.82) is 0 Å². The standard InChI is InChI=1S/C18H13ClO3/c1-9-3-6-15-16(17-13(9)7-10(2)21-17)14-8-11(19)4-5-12(14)18(20)22-15/h3-5,7-8H,6H2,1-2H3. The summed E-state index contributed by atoms with van der Waals surface area (Å²) in [6, 6.07) is 7.21. The minimum Gasteiger partial charge on any atom is -0.461 e. The van der Waals surface area contributed by atoms with Crippen molar-refractivity contribution in [2.45, 2.75) is 20.3 Å². The number of hydrogen-bond donors (Lipinski definition) is 0. The number of furan rings is 1. The lowest BCUT2D eigenvalue weighted by atomic mass is 10.0. The van der Waals surface area contributed by atoms with Gasteiger partial charge in [0.25, 0.3) is 0 Å². The minimum atomic E-state index is -0.344. The maximum atomic E-state index is 12.2. The van der Waals surface area contributed by atoms with Gasteiger partial charge in [0.15, 0.2) is 0 Å². The zero-order chi connectivity index (χ0) is 15.4. The summed E-state index contributed by atoms with van der Waals surface area (Å²) in [4.78, 5) is 12.2. The van der Waals surface area contributed by atoms with Gasteiger partial charge in [-0.3, -0.25) is 0 Å². The van der Waals surface area contributed by atoms with Crippen molar-refractivity contribution in [3.8, 4) is 11.3 Å². The molecule has 1 aromatic carbocycles. The lowest BCUT2D eigenvalue weighted by Gasteiger charge is -2.08. The van der Waals surface area contributed by atoms with E-state index in [9.17, 15) is 4.79 Å². The normalized spacial score (nSPS) is 13.5. The van der Waals surface area contributed by atoms with Gasteiger partial charge in [-0.25, -0.2) is 4.79 Å². The number of hydrogen-bond acceptors (Lipinski definition) is 3. The smallest absolute Gasteiger partial charge is 0.343 e. The van der Waals surface area contributed by atoms with Gasteiger partial charge in [-0.1, -0.05) is 17.7 Å². The molecule has 1 aliphatic carbocycles. The van der Waals surface area contributed by atoms with Gasteiger partial charge in [-0.15, -0.1) is 0 Å². The Balaban J connectivity index is 2.22. The van der Waals surface area contributed by atoms with E-state index in [-0.39, 0.29) is 5.63 Å². The molecule has 4 heteroatoms. The Hall–Kier alpha value is -2.26. The van der Waals surface area contributed by atoms with Crippen molar-refractivity contribution in [2.75, 3.05) is 0 Å². The molecule has 0 amide bonds. The van der Waals surface area contributed by atoms with E-state index >= 15 is 0 Å². The zero-order valence-corrected chi connectivity index (χ0v) is 13.0. The Kier molecular flexibility index (Phi) is 2.81. The second-order valence-electron chi connectivity index (χ2n) is 5.57. The summed E-state index contributed by atoms with van der Waals surface area (Å²) in [5, 5.41) is 1.87. The van der Waals surface area contributed by atoms with Crippen LogP contribution in [-0.4, -0.2) is 0 Å². The van der Waals surface area contributed by atoms with E-state index in [0.29, 0.717) is 22.6 Å². The molecule has 2 aromatic heterocycles. The first kappa shape index (κ1) is 13.4. The maximum absolute atomic E-state index is 12.2. The molecule has 110 valence electrons. The SMILES string of the molecule is CC1=CCc2oc(=O)c3ccc(Cl)cc3c2-c2oc(C)cc21. The summed E-state index contributed by atoms with van der Waals surface area (Å²) in [6.45, 7) is 3.95. The fourth-order valence-corrected chi connectivity index (χ4v) is 3.18. The molecule has 0 radical (unpaired) electrons. The predicted octanol–water partition coefficient (Wildman–Crippen LogP) is 4.97. The molecule has 3 nitrogen and oxygen atoms in total. The van der Waals surface area contributed by atoms with Crippen LogP contribution in [0, 0.1) is 6.92 Å². The molecule has 0 aliphatic heterocycles. The van der Waals surface area contributed by atoms with Gasteiger partial charge in [0.1, 0.15) is 17.3 Å². The summed E-state index contributed by atoms with van der Waals surface area (Å²) in [5.74, 6) is 2.19. The van der Waals surface area contributed by atoms with Crippen LogP contribution in [0.2, 0.25) is 5.02 Å². The van der Waals surface area contributed by atoms with Crippen LogP contribution in [-0.2, 0) is 6.42 Å². The van der Waals surface area contributed by atoms with Gasteiger partial charge in [-0.2, -0.15) is 0 Å². The van der Waals surface area contributed by atoms with Crippen LogP contribution in [0.5, 0.6) is 0 Å². The molecule has 0 spiro atoms. The molecule has 0 unspecified atom stereocenters. The highest BCUT2D eigenvalue weighted by Gasteiger charge is 2.24. The zero-order valence-electron chi connectivity index (χ0n) is 12.2. The fourth-order valence-electron chi connectivity index (χ4n) is 3.01. The molecule has 0 saturated heterocycles. The Morgan fingerprint density at radius 2 is 1.91 bits per heavy atom. The van der Waals surface area contributed by atoms with Crippen LogP contribution in [0.1, 0.15) is 24.0 Å². The Labute approximate surface area is 131 Å². The molecule has 1 aliphatic rings. The van der Waals surface area contributed by atoms with Crippen molar-refractivity contribution in [1.82, 2.24) is 0 Å². The van der Waals surface area contributed by atoms with Gasteiger partial charge < -0.3 is 8.83 Å². The molecule has 0 fully saturated rings. The lowest BCUT2D eigenvalue weighted by molar-refractivity contribution is 0.475. The van der Waals surface area contributed by atoms with Crippen molar-refractivity contribution >= 4 is 27.9 Å². The van der Waals surface area contributed by atoms with Crippen LogP contribution >= 0.6 is 11.6 Å². The summed E-state index contributed by atoms with van der Waals surface area (Å²) in [7, 11) is 0. The van der Waals surface area contributed by atoms with Crippen molar-refractivity contribution in [3.63, 3.8) is 0 Å². The monoisotopic (exact) mass is 312 g/mol. The average molecular weight is 313 g/mol. The molecule has 4 rings (SSSR count). The largest absolute Gasteiger partial charge is 0.461 e. The number of aryl methyl sites for hydroxylation is 1. The van der Waals surface area contributed by atoms with E-state index in [0.717, 1.165) is 33.6 Å². The highest BCUT2D eigenvalue weighted by molar-refractivity contribution is 6.31. The quantitative estimate of drug-likeness (QED) is 0.588. The number of rotatable bonds is 0. The van der Waals surface area contributed by atoms with Gasteiger partial charge in [0.2, 0.25) is 0 Å². The number of fused-ring (bicyclic) bond motifs is 5. The van der Waals surface area contributed by atoms with Gasteiger partial charge in [-0.05, 0) is 43.7 Å². The lowest BCUT2D eigenvalue weighted by Crippen LogP contribution is -2.04. The first-order valence-corrected chi connectivity index (χ1v) is 7.45. The summed E-state index contributed by atoms with van der Waals surface area (Å²) in [6.07, 6.45) is 2.61. The summed E-state index contributed by atoms with van der Waals surface area (Å²) < 4.78 is 11.5. The van der Waals surface area contributed by atoms with Gasteiger partial charge in [0, 0.05) is 22.4 Å². The molecule has 3 aromatic rings. The Morgan fingerprint density at radius 1 is 1.09 bits per heavy atom. The molecule has 22 heavy (non-hydrogen) atoms. The Morgan fingerprint density at radius 3 is 2.73 bits per heavy atom. The van der Waals surface area contributed by atoms with Crippen LogP contribution < -0.4 is 5.63 Å². The summed E-state index contributed by atoms with van der Waals surface area (Å²) >= 11 is 6.14. The van der Waals surface area contributed by atoms with Crippen molar-refractivity contribution in [3.05, 3.63) is 62.9 Å². The van der Waals surface area contributed by atoms with E-state index in [1.807, 2.05) is 19.9 Å². The Bertz CT molecular complexity index is 1010. The second-order valence-corrected chi connectivity index (χ2v) is 6.01. The van der Waals surface area contributed by atoms with E-state index in [1.54, 1.807) is 18.2 Å². The van der Waals surface area contributed by atoms with Gasteiger partial charge in [0.05, 0.1) is 10.9 Å². The highest BCUT2D eigenvalue weighted by Crippen LogP contribution is 2.40. The second kappa shape index (κ2) is 4.62. The van der Waals surface area contributed by atoms with Crippen LogP contribution in [0.4, 0.5) is 0 Å². The van der Waals surface area contributed by atoms with E-state index in [1.165, 1.54) is 0 Å². The minimum absolute atomic E-state index is 0.344. The highest BCUT2D eigenvalue weighted by atomic mass is 35.5. The number of allylic oxidation sites excluding steroid dienone is 2. The maximum Gasteiger partial charge on any atom is 0.343 e. The van der Waals surface area contributed by atoms with Crippen molar-refractivity contribution < 1.29 is 8.83 Å². The van der Waals surface area contributed by atoms with Gasteiger partial charge >= 0.3 is 5.63 Å². The fraction of sp³-hybridized carbons (Fsp3) is 0.167. The van der Waals surface area contributed by atoms with E-state index in [2.05, 4.69) is 6.08 Å². The van der Waals surface area contributed by atoms with Crippen LogP contribution in [0.15, 0.2) is 44.0 Å². The molecule has 0 saturated carbocycles. The molecular weight excluding hydrogens is 300 g/mol. The third kappa shape index (κ3) is 1.86. The third-order valence-corrected chi connectivity index (χ3v) is 4.30. The molecule has 0 N–H and O–H groups in total. The molecule has 0 atom stereocenters. The average Bonchev–Trinajstić information content (AvgIpc) is 2.80.